The van der Waals surface area contributed by atoms with Crippen LogP contribution in [0.1, 0.15) is 75.6 Å². The van der Waals surface area contributed by atoms with Crippen molar-refractivity contribution in [1.29, 1.82) is 0 Å². The molecule has 0 bridgehead atoms. The number of ether oxygens (including phenoxy) is 2. The number of esters is 1. The normalized spacial score (nSPS) is 12.7. The molecule has 33 heavy (non-hydrogen) atoms. The van der Waals surface area contributed by atoms with E-state index in [1.165, 1.54) is 32.1 Å². The lowest BCUT2D eigenvalue weighted by Gasteiger charge is -2.16. The molecule has 0 amide bonds. The Morgan fingerprint density at radius 2 is 1.52 bits per heavy atom. The zero-order chi connectivity index (χ0) is 23.9. The van der Waals surface area contributed by atoms with Gasteiger partial charge in [0.05, 0.1) is 17.5 Å². The second-order valence-electron chi connectivity index (χ2n) is 8.65. The predicted octanol–water partition coefficient (Wildman–Crippen LogP) is 8.46. The fraction of sp³-hybridized carbons (Fsp3) is 0.483. The number of halogens is 1. The molecule has 0 aliphatic rings. The SMILES string of the molecule is C=CCCCCCCCCOc1ccc(-c2ccc(C(=O)OCC(Cl)C(C)CC)cc2)cc1. The van der Waals surface area contributed by atoms with Gasteiger partial charge in [-0.2, -0.15) is 0 Å². The molecule has 0 saturated carbocycles. The van der Waals surface area contributed by atoms with Crippen molar-refractivity contribution in [3.8, 4) is 16.9 Å². The molecule has 0 saturated heterocycles. The Morgan fingerprint density at radius 3 is 2.12 bits per heavy atom. The zero-order valence-electron chi connectivity index (χ0n) is 20.2. The lowest BCUT2D eigenvalue weighted by Crippen LogP contribution is -2.20. The first kappa shape index (κ1) is 27.0. The van der Waals surface area contributed by atoms with E-state index in [1.807, 2.05) is 42.5 Å². The minimum absolute atomic E-state index is 0.161. The lowest BCUT2D eigenvalue weighted by molar-refractivity contribution is 0.0489. The van der Waals surface area contributed by atoms with E-state index in [9.17, 15) is 4.79 Å². The second kappa shape index (κ2) is 15.6. The summed E-state index contributed by atoms with van der Waals surface area (Å²) in [6.45, 7) is 8.88. The lowest BCUT2D eigenvalue weighted by atomic mass is 10.0. The molecule has 180 valence electrons. The van der Waals surface area contributed by atoms with Gasteiger partial charge in [-0.3, -0.25) is 0 Å². The highest BCUT2D eigenvalue weighted by Crippen LogP contribution is 2.23. The summed E-state index contributed by atoms with van der Waals surface area (Å²) in [5, 5.41) is -0.161. The van der Waals surface area contributed by atoms with Crippen molar-refractivity contribution < 1.29 is 14.3 Å². The van der Waals surface area contributed by atoms with Crippen LogP contribution in [-0.2, 0) is 4.74 Å². The highest BCUT2D eigenvalue weighted by atomic mass is 35.5. The van der Waals surface area contributed by atoms with Crippen molar-refractivity contribution in [3.05, 3.63) is 66.7 Å². The van der Waals surface area contributed by atoms with E-state index in [4.69, 9.17) is 21.1 Å². The fourth-order valence-electron chi connectivity index (χ4n) is 3.49. The molecule has 0 aliphatic carbocycles. The number of carbonyl (C=O) groups is 1. The highest BCUT2D eigenvalue weighted by molar-refractivity contribution is 6.21. The topological polar surface area (TPSA) is 35.5 Å². The zero-order valence-corrected chi connectivity index (χ0v) is 21.0. The van der Waals surface area contributed by atoms with Crippen molar-refractivity contribution in [3.63, 3.8) is 0 Å². The number of hydrogen-bond acceptors (Lipinski definition) is 3. The molecule has 0 N–H and O–H groups in total. The molecule has 2 atom stereocenters. The van der Waals surface area contributed by atoms with Crippen molar-refractivity contribution >= 4 is 17.6 Å². The molecule has 0 fully saturated rings. The van der Waals surface area contributed by atoms with E-state index >= 15 is 0 Å². The first-order valence-corrected chi connectivity index (χ1v) is 12.7. The molecule has 0 aliphatic heterocycles. The molecule has 2 unspecified atom stereocenters. The highest BCUT2D eigenvalue weighted by Gasteiger charge is 2.16. The van der Waals surface area contributed by atoms with Crippen LogP contribution in [0, 0.1) is 5.92 Å². The number of rotatable bonds is 16. The summed E-state index contributed by atoms with van der Waals surface area (Å²) in [7, 11) is 0. The van der Waals surface area contributed by atoms with Crippen LogP contribution in [-0.4, -0.2) is 24.6 Å². The van der Waals surface area contributed by atoms with Gasteiger partial charge in [0.25, 0.3) is 0 Å². The fourth-order valence-corrected chi connectivity index (χ4v) is 3.73. The molecule has 4 heteroatoms. The minimum atomic E-state index is -0.337. The number of allylic oxidation sites excluding steroid dienone is 1. The third-order valence-corrected chi connectivity index (χ3v) is 6.57. The van der Waals surface area contributed by atoms with E-state index < -0.39 is 0 Å². The van der Waals surface area contributed by atoms with Crippen molar-refractivity contribution in [2.45, 2.75) is 70.6 Å². The monoisotopic (exact) mass is 470 g/mol. The molecule has 0 heterocycles. The first-order chi connectivity index (χ1) is 16.0. The van der Waals surface area contributed by atoms with Crippen LogP contribution in [0.25, 0.3) is 11.1 Å². The van der Waals surface area contributed by atoms with E-state index in [0.717, 1.165) is 42.7 Å². The van der Waals surface area contributed by atoms with E-state index in [0.29, 0.717) is 11.5 Å². The third kappa shape index (κ3) is 10.0. The average Bonchev–Trinajstić information content (AvgIpc) is 2.86. The molecule has 3 nitrogen and oxygen atoms in total. The number of benzene rings is 2. The van der Waals surface area contributed by atoms with Crippen LogP contribution in [0.15, 0.2) is 61.2 Å². The van der Waals surface area contributed by atoms with Crippen LogP contribution in [0.4, 0.5) is 0 Å². The van der Waals surface area contributed by atoms with Gasteiger partial charge in [0.15, 0.2) is 0 Å². The van der Waals surface area contributed by atoms with Gasteiger partial charge in [-0.1, -0.05) is 76.3 Å². The van der Waals surface area contributed by atoms with Gasteiger partial charge in [-0.15, -0.1) is 18.2 Å². The van der Waals surface area contributed by atoms with E-state index in [2.05, 4.69) is 20.4 Å². The summed E-state index contributed by atoms with van der Waals surface area (Å²) in [5.74, 6) is 0.865. The van der Waals surface area contributed by atoms with Gasteiger partial charge in [0, 0.05) is 0 Å². The van der Waals surface area contributed by atoms with Gasteiger partial charge in [-0.05, 0) is 60.6 Å². The Kier molecular flexibility index (Phi) is 12.7. The standard InChI is InChI=1S/C29H39ClO3/c1-4-6-7-8-9-10-11-12-21-32-27-19-17-25(18-20-27)24-13-15-26(16-14-24)29(31)33-22-28(30)23(3)5-2/h4,13-20,23,28H,1,5-12,21-22H2,2-3H3. The summed E-state index contributed by atoms with van der Waals surface area (Å²) in [4.78, 5) is 12.3. The maximum Gasteiger partial charge on any atom is 0.338 e. The molecular weight excluding hydrogens is 432 g/mol. The van der Waals surface area contributed by atoms with Gasteiger partial charge in [0.1, 0.15) is 12.4 Å². The van der Waals surface area contributed by atoms with Crippen LogP contribution >= 0.6 is 11.6 Å². The van der Waals surface area contributed by atoms with Crippen molar-refractivity contribution in [2.24, 2.45) is 5.92 Å². The molecule has 0 aromatic heterocycles. The largest absolute Gasteiger partial charge is 0.494 e. The van der Waals surface area contributed by atoms with Crippen LogP contribution < -0.4 is 4.74 Å². The first-order valence-electron chi connectivity index (χ1n) is 12.3. The Morgan fingerprint density at radius 1 is 0.939 bits per heavy atom. The van der Waals surface area contributed by atoms with E-state index in [1.54, 1.807) is 12.1 Å². The summed E-state index contributed by atoms with van der Waals surface area (Å²) in [6.07, 6.45) is 11.5. The molecule has 2 aromatic carbocycles. The summed E-state index contributed by atoms with van der Waals surface area (Å²) >= 11 is 6.27. The van der Waals surface area contributed by atoms with Crippen LogP contribution in [0.5, 0.6) is 5.75 Å². The minimum Gasteiger partial charge on any atom is -0.494 e. The summed E-state index contributed by atoms with van der Waals surface area (Å²) in [5.41, 5.74) is 2.66. The quantitative estimate of drug-likeness (QED) is 0.107. The number of unbranched alkanes of at least 4 members (excludes halogenated alkanes) is 6. The Labute approximate surface area is 205 Å². The molecular formula is C29H39ClO3. The van der Waals surface area contributed by atoms with Gasteiger partial charge < -0.3 is 9.47 Å². The Balaban J connectivity index is 1.73. The third-order valence-electron chi connectivity index (χ3n) is 6.01. The maximum atomic E-state index is 12.3. The van der Waals surface area contributed by atoms with Gasteiger partial charge >= 0.3 is 5.97 Å². The second-order valence-corrected chi connectivity index (χ2v) is 9.21. The van der Waals surface area contributed by atoms with Crippen LogP contribution in [0.3, 0.4) is 0 Å². The van der Waals surface area contributed by atoms with Crippen molar-refractivity contribution in [1.82, 2.24) is 0 Å². The Hall–Kier alpha value is -2.26. The smallest absolute Gasteiger partial charge is 0.338 e. The molecule has 0 spiro atoms. The Bertz CT molecular complexity index is 814. The number of alkyl halides is 1. The number of hydrogen-bond donors (Lipinski definition) is 0. The molecule has 2 aromatic rings. The predicted molar refractivity (Wildman–Crippen MR) is 139 cm³/mol. The number of carbonyl (C=O) groups excluding carboxylic acids is 1. The summed E-state index contributed by atoms with van der Waals surface area (Å²) < 4.78 is 11.2. The van der Waals surface area contributed by atoms with E-state index in [-0.39, 0.29) is 18.0 Å². The van der Waals surface area contributed by atoms with Gasteiger partial charge in [0.2, 0.25) is 0 Å². The molecule has 0 radical (unpaired) electrons. The molecule has 2 rings (SSSR count). The van der Waals surface area contributed by atoms with Crippen molar-refractivity contribution in [2.75, 3.05) is 13.2 Å². The average molecular weight is 471 g/mol. The maximum absolute atomic E-state index is 12.3. The van der Waals surface area contributed by atoms with Gasteiger partial charge in [-0.25, -0.2) is 4.79 Å². The summed E-state index contributed by atoms with van der Waals surface area (Å²) in [6, 6.07) is 15.6. The van der Waals surface area contributed by atoms with Crippen LogP contribution in [0.2, 0.25) is 0 Å².